The van der Waals surface area contributed by atoms with Crippen molar-refractivity contribution in [2.24, 2.45) is 5.73 Å². The molecule has 2 N–H and O–H groups in total. The Labute approximate surface area is 119 Å². The molecule has 1 saturated heterocycles. The zero-order chi connectivity index (χ0) is 14.5. The Morgan fingerprint density at radius 1 is 1.40 bits per heavy atom. The predicted molar refractivity (Wildman–Crippen MR) is 76.2 cm³/mol. The van der Waals surface area contributed by atoms with Gasteiger partial charge in [0.2, 0.25) is 0 Å². The monoisotopic (exact) mass is 282 g/mol. The number of nitrogens with two attached hydrogens (primary N) is 1. The van der Waals surface area contributed by atoms with Crippen LogP contribution >= 0.6 is 0 Å². The molecule has 20 heavy (non-hydrogen) atoms. The minimum absolute atomic E-state index is 0.228. The van der Waals surface area contributed by atoms with Gasteiger partial charge in [-0.3, -0.25) is 4.90 Å². The molecular formula is C15H23FN2O2. The molecule has 0 amide bonds. The van der Waals surface area contributed by atoms with Gasteiger partial charge in [0.05, 0.1) is 13.2 Å². The lowest BCUT2D eigenvalue weighted by atomic mass is 9.98. The van der Waals surface area contributed by atoms with Crippen LogP contribution in [0.5, 0.6) is 5.75 Å². The van der Waals surface area contributed by atoms with Crippen LogP contribution in [0.3, 0.4) is 0 Å². The summed E-state index contributed by atoms with van der Waals surface area (Å²) >= 11 is 0. The number of nitrogens with zero attached hydrogens (tertiary/aromatic N) is 1. The minimum Gasteiger partial charge on any atom is -0.497 e. The lowest BCUT2D eigenvalue weighted by molar-refractivity contribution is 0.00987. The van der Waals surface area contributed by atoms with Gasteiger partial charge < -0.3 is 15.2 Å². The summed E-state index contributed by atoms with van der Waals surface area (Å²) in [6.45, 7) is 2.03. The van der Waals surface area contributed by atoms with E-state index < -0.39 is 0 Å². The summed E-state index contributed by atoms with van der Waals surface area (Å²) in [7, 11) is 3.27. The summed E-state index contributed by atoms with van der Waals surface area (Å²) in [6, 6.07) is 5.24. The van der Waals surface area contributed by atoms with Crippen LogP contribution in [-0.2, 0) is 11.3 Å². The largest absolute Gasteiger partial charge is 0.497 e. The van der Waals surface area contributed by atoms with E-state index in [4.69, 9.17) is 15.2 Å². The van der Waals surface area contributed by atoms with Gasteiger partial charge in [-0.05, 0) is 18.9 Å². The fourth-order valence-electron chi connectivity index (χ4n) is 2.73. The molecule has 1 fully saturated rings. The highest BCUT2D eigenvalue weighted by Crippen LogP contribution is 2.23. The number of rotatable bonds is 5. The molecular weight excluding hydrogens is 259 g/mol. The lowest BCUT2D eigenvalue weighted by Gasteiger charge is -2.38. The number of methoxy groups -OCH3 is 2. The van der Waals surface area contributed by atoms with E-state index in [9.17, 15) is 4.39 Å². The van der Waals surface area contributed by atoms with Gasteiger partial charge in [0.25, 0.3) is 0 Å². The molecule has 0 saturated carbocycles. The van der Waals surface area contributed by atoms with E-state index >= 15 is 0 Å². The molecule has 112 valence electrons. The zero-order valence-corrected chi connectivity index (χ0v) is 12.1. The summed E-state index contributed by atoms with van der Waals surface area (Å²) in [4.78, 5) is 2.24. The van der Waals surface area contributed by atoms with Crippen LogP contribution in [0.2, 0.25) is 0 Å². The fourth-order valence-corrected chi connectivity index (χ4v) is 2.73. The van der Waals surface area contributed by atoms with Gasteiger partial charge in [-0.1, -0.05) is 6.07 Å². The van der Waals surface area contributed by atoms with Crippen LogP contribution in [0.25, 0.3) is 0 Å². The Morgan fingerprint density at radius 3 is 2.80 bits per heavy atom. The van der Waals surface area contributed by atoms with E-state index in [2.05, 4.69) is 4.90 Å². The van der Waals surface area contributed by atoms with Crippen molar-refractivity contribution >= 4 is 0 Å². The minimum atomic E-state index is -0.228. The van der Waals surface area contributed by atoms with Crippen LogP contribution in [0, 0.1) is 5.82 Å². The third-order valence-electron chi connectivity index (χ3n) is 4.03. The summed E-state index contributed by atoms with van der Waals surface area (Å²) in [5.74, 6) is 0.314. The van der Waals surface area contributed by atoms with Crippen LogP contribution in [0.1, 0.15) is 18.4 Å². The van der Waals surface area contributed by atoms with Crippen molar-refractivity contribution < 1.29 is 13.9 Å². The summed E-state index contributed by atoms with van der Waals surface area (Å²) in [5, 5.41) is 0. The number of ether oxygens (including phenoxy) is 2. The molecule has 0 radical (unpaired) electrons. The quantitative estimate of drug-likeness (QED) is 0.894. The van der Waals surface area contributed by atoms with Gasteiger partial charge in [0, 0.05) is 44.4 Å². The van der Waals surface area contributed by atoms with Crippen molar-refractivity contribution in [1.82, 2.24) is 4.90 Å². The van der Waals surface area contributed by atoms with Crippen LogP contribution in [0.4, 0.5) is 4.39 Å². The molecule has 1 aromatic carbocycles. The van der Waals surface area contributed by atoms with E-state index in [1.54, 1.807) is 19.2 Å². The van der Waals surface area contributed by atoms with Crippen LogP contribution in [-0.4, -0.2) is 44.4 Å². The lowest BCUT2D eigenvalue weighted by Crippen LogP contribution is -2.48. The SMILES string of the molecule is COc1ccc(CN2CCC(OC)CC2CN)c(F)c1. The highest BCUT2D eigenvalue weighted by molar-refractivity contribution is 5.28. The molecule has 1 aromatic rings. The Hall–Kier alpha value is -1.17. The van der Waals surface area contributed by atoms with Crippen molar-refractivity contribution in [2.45, 2.75) is 31.5 Å². The maximum atomic E-state index is 14.0. The van der Waals surface area contributed by atoms with Gasteiger partial charge in [0.1, 0.15) is 11.6 Å². The molecule has 0 aromatic heterocycles. The second-order valence-corrected chi connectivity index (χ2v) is 5.20. The van der Waals surface area contributed by atoms with Gasteiger partial charge in [-0.2, -0.15) is 0 Å². The Balaban J connectivity index is 2.05. The summed E-state index contributed by atoms with van der Waals surface area (Å²) in [6.07, 6.45) is 2.13. The highest BCUT2D eigenvalue weighted by Gasteiger charge is 2.27. The number of hydrogen-bond donors (Lipinski definition) is 1. The number of likely N-dealkylation sites (tertiary alicyclic amines) is 1. The molecule has 0 aliphatic carbocycles. The molecule has 4 nitrogen and oxygen atoms in total. The van der Waals surface area contributed by atoms with Crippen LogP contribution in [0.15, 0.2) is 18.2 Å². The third-order valence-corrected chi connectivity index (χ3v) is 4.03. The molecule has 1 heterocycles. The number of halogens is 1. The van der Waals surface area contributed by atoms with Gasteiger partial charge in [-0.25, -0.2) is 4.39 Å². The second kappa shape index (κ2) is 7.02. The molecule has 0 bridgehead atoms. The molecule has 5 heteroatoms. The average Bonchev–Trinajstić information content (AvgIpc) is 2.49. The summed E-state index contributed by atoms with van der Waals surface area (Å²) in [5.41, 5.74) is 6.52. The predicted octanol–water partition coefficient (Wildman–Crippen LogP) is 1.77. The van der Waals surface area contributed by atoms with E-state index in [-0.39, 0.29) is 18.0 Å². The first-order valence-electron chi connectivity index (χ1n) is 6.97. The van der Waals surface area contributed by atoms with Gasteiger partial charge in [-0.15, -0.1) is 0 Å². The van der Waals surface area contributed by atoms with Crippen molar-refractivity contribution in [2.75, 3.05) is 27.3 Å². The van der Waals surface area contributed by atoms with E-state index in [1.807, 2.05) is 0 Å². The van der Waals surface area contributed by atoms with E-state index in [0.717, 1.165) is 19.4 Å². The number of piperidine rings is 1. The molecule has 2 rings (SSSR count). The molecule has 1 aliphatic heterocycles. The highest BCUT2D eigenvalue weighted by atomic mass is 19.1. The Bertz CT molecular complexity index is 442. The third kappa shape index (κ3) is 3.48. The first-order chi connectivity index (χ1) is 9.67. The Morgan fingerprint density at radius 2 is 2.20 bits per heavy atom. The summed E-state index contributed by atoms with van der Waals surface area (Å²) < 4.78 is 24.4. The zero-order valence-electron chi connectivity index (χ0n) is 12.1. The smallest absolute Gasteiger partial charge is 0.131 e. The Kier molecular flexibility index (Phi) is 5.34. The van der Waals surface area contributed by atoms with Gasteiger partial charge in [0.15, 0.2) is 0 Å². The fraction of sp³-hybridized carbons (Fsp3) is 0.600. The maximum absolute atomic E-state index is 14.0. The topological polar surface area (TPSA) is 47.7 Å². The standard InChI is InChI=1S/C15H23FN2O2/c1-19-13-4-3-11(15(16)8-13)10-18-6-5-14(20-2)7-12(18)9-17/h3-4,8,12,14H,5-7,9-10,17H2,1-2H3. The van der Waals surface area contributed by atoms with Crippen molar-refractivity contribution in [3.63, 3.8) is 0 Å². The number of benzene rings is 1. The van der Waals surface area contributed by atoms with Crippen LogP contribution < -0.4 is 10.5 Å². The maximum Gasteiger partial charge on any atom is 0.131 e. The molecule has 0 spiro atoms. The van der Waals surface area contributed by atoms with Gasteiger partial charge >= 0.3 is 0 Å². The first kappa shape index (κ1) is 15.2. The van der Waals surface area contributed by atoms with Crippen molar-refractivity contribution in [3.8, 4) is 5.75 Å². The molecule has 1 aliphatic rings. The normalized spacial score (nSPS) is 23.8. The molecule has 2 atom stereocenters. The average molecular weight is 282 g/mol. The van der Waals surface area contributed by atoms with E-state index in [0.29, 0.717) is 24.4 Å². The second-order valence-electron chi connectivity index (χ2n) is 5.20. The number of hydrogen-bond acceptors (Lipinski definition) is 4. The van der Waals surface area contributed by atoms with Crippen molar-refractivity contribution in [1.29, 1.82) is 0 Å². The first-order valence-corrected chi connectivity index (χ1v) is 6.97. The van der Waals surface area contributed by atoms with E-state index in [1.165, 1.54) is 13.2 Å². The van der Waals surface area contributed by atoms with Crippen molar-refractivity contribution in [3.05, 3.63) is 29.6 Å². The molecule has 2 unspecified atom stereocenters.